The molecule has 0 aromatic heterocycles. The molecule has 0 aliphatic carbocycles. The lowest BCUT2D eigenvalue weighted by atomic mass is 9.79. The van der Waals surface area contributed by atoms with Crippen LogP contribution in [-0.2, 0) is 11.3 Å². The van der Waals surface area contributed by atoms with Gasteiger partial charge in [0.15, 0.2) is 0 Å². The van der Waals surface area contributed by atoms with E-state index in [0.29, 0.717) is 18.8 Å². The van der Waals surface area contributed by atoms with E-state index in [4.69, 9.17) is 14.8 Å². The standard InChI is InChI=1S/C15H24BFO3/c1-2-3-4-5-6-7-8-20-12-13-9-14(16(18)19)11-15(17)10-13/h9-11,18-19H,2-8,12H2,1H3. The fourth-order valence-electron chi connectivity index (χ4n) is 2.08. The highest BCUT2D eigenvalue weighted by Crippen LogP contribution is 2.07. The van der Waals surface area contributed by atoms with Gasteiger partial charge in [-0.25, -0.2) is 4.39 Å². The lowest BCUT2D eigenvalue weighted by Gasteiger charge is -2.07. The first-order valence-electron chi connectivity index (χ1n) is 7.36. The normalized spacial score (nSPS) is 10.8. The Balaban J connectivity index is 2.21. The molecule has 0 aliphatic heterocycles. The molecule has 1 aromatic carbocycles. The summed E-state index contributed by atoms with van der Waals surface area (Å²) in [5, 5.41) is 18.1. The highest BCUT2D eigenvalue weighted by molar-refractivity contribution is 6.58. The van der Waals surface area contributed by atoms with Crippen LogP contribution in [0.5, 0.6) is 0 Å². The predicted octanol–water partition coefficient (Wildman–Crippen LogP) is 2.38. The largest absolute Gasteiger partial charge is 0.488 e. The number of halogens is 1. The Bertz CT molecular complexity index is 385. The van der Waals surface area contributed by atoms with Crippen molar-refractivity contribution in [2.45, 2.75) is 52.1 Å². The highest BCUT2D eigenvalue weighted by atomic mass is 19.1. The van der Waals surface area contributed by atoms with Gasteiger partial charge in [0.1, 0.15) is 5.82 Å². The second-order valence-electron chi connectivity index (χ2n) is 5.09. The maximum Gasteiger partial charge on any atom is 0.488 e. The average molecular weight is 282 g/mol. The molecule has 0 bridgehead atoms. The van der Waals surface area contributed by atoms with E-state index in [1.807, 2.05) is 0 Å². The van der Waals surface area contributed by atoms with E-state index in [2.05, 4.69) is 6.92 Å². The fourth-order valence-corrected chi connectivity index (χ4v) is 2.08. The van der Waals surface area contributed by atoms with Crippen molar-refractivity contribution in [3.63, 3.8) is 0 Å². The maximum atomic E-state index is 13.3. The van der Waals surface area contributed by atoms with E-state index < -0.39 is 12.9 Å². The van der Waals surface area contributed by atoms with Crippen LogP contribution in [0.1, 0.15) is 51.0 Å². The summed E-state index contributed by atoms with van der Waals surface area (Å²) in [7, 11) is -1.65. The Hall–Kier alpha value is -0.905. The molecule has 0 radical (unpaired) electrons. The maximum absolute atomic E-state index is 13.3. The summed E-state index contributed by atoms with van der Waals surface area (Å²) in [6, 6.07) is 4.02. The summed E-state index contributed by atoms with van der Waals surface area (Å²) in [5.41, 5.74) is 0.780. The highest BCUT2D eigenvalue weighted by Gasteiger charge is 2.13. The molecule has 0 unspecified atom stereocenters. The molecular formula is C15H24BFO3. The molecule has 0 saturated carbocycles. The molecule has 20 heavy (non-hydrogen) atoms. The molecule has 3 nitrogen and oxygen atoms in total. The van der Waals surface area contributed by atoms with Crippen LogP contribution >= 0.6 is 0 Å². The van der Waals surface area contributed by atoms with Gasteiger partial charge in [-0.15, -0.1) is 0 Å². The molecule has 0 aliphatic rings. The Morgan fingerprint density at radius 3 is 2.45 bits per heavy atom. The summed E-state index contributed by atoms with van der Waals surface area (Å²) in [5.74, 6) is -0.478. The minimum absolute atomic E-state index is 0.156. The summed E-state index contributed by atoms with van der Waals surface area (Å²) >= 11 is 0. The Morgan fingerprint density at radius 2 is 1.75 bits per heavy atom. The van der Waals surface area contributed by atoms with E-state index in [9.17, 15) is 4.39 Å². The third-order valence-electron chi connectivity index (χ3n) is 3.19. The van der Waals surface area contributed by atoms with Crippen LogP contribution in [0.15, 0.2) is 18.2 Å². The van der Waals surface area contributed by atoms with Crippen LogP contribution in [-0.4, -0.2) is 23.8 Å². The molecule has 1 aromatic rings. The number of hydrogen-bond donors (Lipinski definition) is 2. The second kappa shape index (κ2) is 9.91. The zero-order valence-electron chi connectivity index (χ0n) is 12.1. The van der Waals surface area contributed by atoms with Gasteiger partial charge < -0.3 is 14.8 Å². The van der Waals surface area contributed by atoms with Crippen molar-refractivity contribution in [1.29, 1.82) is 0 Å². The average Bonchev–Trinajstić information content (AvgIpc) is 2.41. The van der Waals surface area contributed by atoms with Gasteiger partial charge in [0, 0.05) is 6.61 Å². The van der Waals surface area contributed by atoms with Crippen LogP contribution < -0.4 is 5.46 Å². The Labute approximate surface area is 120 Å². The molecule has 5 heteroatoms. The second-order valence-corrected chi connectivity index (χ2v) is 5.09. The number of rotatable bonds is 10. The van der Waals surface area contributed by atoms with Crippen molar-refractivity contribution in [1.82, 2.24) is 0 Å². The van der Waals surface area contributed by atoms with E-state index >= 15 is 0 Å². The molecule has 0 spiro atoms. The fraction of sp³-hybridized carbons (Fsp3) is 0.600. The first-order valence-corrected chi connectivity index (χ1v) is 7.36. The lowest BCUT2D eigenvalue weighted by Crippen LogP contribution is -2.30. The van der Waals surface area contributed by atoms with E-state index in [1.54, 1.807) is 6.07 Å². The Kier molecular flexibility index (Phi) is 8.50. The molecule has 0 amide bonds. The van der Waals surface area contributed by atoms with Crippen molar-refractivity contribution in [2.24, 2.45) is 0 Å². The van der Waals surface area contributed by atoms with Gasteiger partial charge in [0.05, 0.1) is 6.61 Å². The minimum atomic E-state index is -1.65. The third kappa shape index (κ3) is 7.03. The van der Waals surface area contributed by atoms with Crippen LogP contribution in [0.2, 0.25) is 0 Å². The van der Waals surface area contributed by atoms with Crippen LogP contribution in [0, 0.1) is 5.82 Å². The van der Waals surface area contributed by atoms with Crippen molar-refractivity contribution in [3.05, 3.63) is 29.6 Å². The number of unbranched alkanes of at least 4 members (excludes halogenated alkanes) is 5. The van der Waals surface area contributed by atoms with Crippen LogP contribution in [0.4, 0.5) is 4.39 Å². The third-order valence-corrected chi connectivity index (χ3v) is 3.19. The van der Waals surface area contributed by atoms with Crippen molar-refractivity contribution in [3.8, 4) is 0 Å². The topological polar surface area (TPSA) is 49.7 Å². The minimum Gasteiger partial charge on any atom is -0.423 e. The molecule has 1 rings (SSSR count). The number of benzene rings is 1. The first-order chi connectivity index (χ1) is 9.63. The van der Waals surface area contributed by atoms with Crippen molar-refractivity contribution in [2.75, 3.05) is 6.61 Å². The van der Waals surface area contributed by atoms with E-state index in [-0.39, 0.29) is 5.46 Å². The summed E-state index contributed by atoms with van der Waals surface area (Å²) < 4.78 is 18.7. The molecule has 0 heterocycles. The summed E-state index contributed by atoms with van der Waals surface area (Å²) in [6.07, 6.45) is 7.21. The smallest absolute Gasteiger partial charge is 0.423 e. The summed E-state index contributed by atoms with van der Waals surface area (Å²) in [4.78, 5) is 0. The monoisotopic (exact) mass is 282 g/mol. The number of ether oxygens (including phenoxy) is 1. The molecule has 0 atom stereocenters. The zero-order valence-corrected chi connectivity index (χ0v) is 12.1. The van der Waals surface area contributed by atoms with Crippen LogP contribution in [0.3, 0.4) is 0 Å². The summed E-state index contributed by atoms with van der Waals surface area (Å²) in [6.45, 7) is 3.14. The van der Waals surface area contributed by atoms with Gasteiger partial charge in [-0.1, -0.05) is 45.1 Å². The molecular weight excluding hydrogens is 258 g/mol. The van der Waals surface area contributed by atoms with Gasteiger partial charge in [-0.2, -0.15) is 0 Å². The first kappa shape index (κ1) is 17.1. The van der Waals surface area contributed by atoms with Gasteiger partial charge in [-0.05, 0) is 29.6 Å². The van der Waals surface area contributed by atoms with E-state index in [1.165, 1.54) is 31.7 Å². The molecule has 0 saturated heterocycles. The lowest BCUT2D eigenvalue weighted by molar-refractivity contribution is 0.116. The van der Waals surface area contributed by atoms with Gasteiger partial charge >= 0.3 is 7.12 Å². The van der Waals surface area contributed by atoms with Gasteiger partial charge in [0.2, 0.25) is 0 Å². The van der Waals surface area contributed by atoms with Crippen molar-refractivity contribution < 1.29 is 19.2 Å². The Morgan fingerprint density at radius 1 is 1.05 bits per heavy atom. The van der Waals surface area contributed by atoms with Gasteiger partial charge in [0.25, 0.3) is 0 Å². The van der Waals surface area contributed by atoms with Crippen LogP contribution in [0.25, 0.3) is 0 Å². The predicted molar refractivity (Wildman–Crippen MR) is 79.3 cm³/mol. The number of hydrogen-bond acceptors (Lipinski definition) is 3. The molecule has 112 valence electrons. The van der Waals surface area contributed by atoms with Crippen molar-refractivity contribution >= 4 is 12.6 Å². The SMILES string of the molecule is CCCCCCCCOCc1cc(F)cc(B(O)O)c1. The molecule has 0 fully saturated rings. The van der Waals surface area contributed by atoms with Gasteiger partial charge in [-0.3, -0.25) is 0 Å². The molecule has 2 N–H and O–H groups in total. The zero-order chi connectivity index (χ0) is 14.8. The van der Waals surface area contributed by atoms with E-state index in [0.717, 1.165) is 18.9 Å². The quantitative estimate of drug-likeness (QED) is 0.511.